The number of ether oxygens (including phenoxy) is 2. The van der Waals surface area contributed by atoms with Crippen LogP contribution < -0.4 is 0 Å². The van der Waals surface area contributed by atoms with Crippen LogP contribution in [0.4, 0.5) is 18.4 Å². The summed E-state index contributed by atoms with van der Waals surface area (Å²) in [7, 11) is 0. The van der Waals surface area contributed by atoms with Gasteiger partial charge in [-0.15, -0.1) is 0 Å². The van der Waals surface area contributed by atoms with Gasteiger partial charge in [-0.1, -0.05) is 0 Å². The summed E-state index contributed by atoms with van der Waals surface area (Å²) >= 11 is 3.57. The Morgan fingerprint density at radius 3 is 1.75 bits per heavy atom. The standard InChI is InChI=1S/C24H24FN5O2.C17H19BrFN3O2/c1-24(2,3)32-23(31)29-12-13-30-19(14-29)20(17-8-10-26-22-18(17)9-11-27-22)21(28-30)15-4-6-16(25)7-5-15;1-17(2,3)24-16(23)21-8-9-22-13(10-21)14(18)15(20-22)11-4-6-12(19)7-5-11/h4-11H,12-14H2,1-3H3,(H,26,27);4-7H,8-10H2,1-3H3. The molecular formula is C41H43BrF2N8O4. The van der Waals surface area contributed by atoms with Crippen LogP contribution in [0.5, 0.6) is 0 Å². The fraction of sp³-hybridized carbons (Fsp3) is 0.341. The van der Waals surface area contributed by atoms with E-state index in [1.54, 1.807) is 40.3 Å². The molecule has 0 bridgehead atoms. The number of rotatable bonds is 3. The Labute approximate surface area is 331 Å². The average Bonchev–Trinajstić information content (AvgIpc) is 3.86. The summed E-state index contributed by atoms with van der Waals surface area (Å²) in [5.41, 5.74) is 6.51. The molecule has 0 radical (unpaired) electrons. The molecule has 12 nitrogen and oxygen atoms in total. The van der Waals surface area contributed by atoms with E-state index in [2.05, 4.69) is 31.0 Å². The van der Waals surface area contributed by atoms with Crippen molar-refractivity contribution in [1.82, 2.24) is 39.3 Å². The number of aromatic nitrogens is 6. The zero-order valence-electron chi connectivity index (χ0n) is 32.1. The van der Waals surface area contributed by atoms with Crippen molar-refractivity contribution >= 4 is 39.1 Å². The fourth-order valence-corrected chi connectivity index (χ4v) is 7.27. The smallest absolute Gasteiger partial charge is 0.410 e. The van der Waals surface area contributed by atoms with Crippen molar-refractivity contribution in [2.24, 2.45) is 0 Å². The van der Waals surface area contributed by atoms with Gasteiger partial charge in [0.25, 0.3) is 0 Å². The second-order valence-electron chi connectivity index (χ2n) is 15.6. The Kier molecular flexibility index (Phi) is 10.5. The average molecular weight is 830 g/mol. The second-order valence-corrected chi connectivity index (χ2v) is 16.4. The van der Waals surface area contributed by atoms with E-state index in [0.29, 0.717) is 39.3 Å². The molecule has 0 fully saturated rings. The van der Waals surface area contributed by atoms with Gasteiger partial charge >= 0.3 is 12.2 Å². The number of nitrogens with zero attached hydrogens (tertiary/aromatic N) is 7. The lowest BCUT2D eigenvalue weighted by Gasteiger charge is -2.30. The lowest BCUT2D eigenvalue weighted by Crippen LogP contribution is -2.41. The van der Waals surface area contributed by atoms with Crippen LogP contribution in [0.1, 0.15) is 52.9 Å². The number of hydrogen-bond donors (Lipinski definition) is 1. The van der Waals surface area contributed by atoms with E-state index in [0.717, 1.165) is 60.5 Å². The number of fused-ring (bicyclic) bond motifs is 3. The zero-order valence-corrected chi connectivity index (χ0v) is 33.7. The molecule has 292 valence electrons. The number of benzene rings is 2. The highest BCUT2D eigenvalue weighted by molar-refractivity contribution is 9.10. The van der Waals surface area contributed by atoms with Gasteiger partial charge in [0.1, 0.15) is 39.9 Å². The van der Waals surface area contributed by atoms with Gasteiger partial charge in [-0.05, 0) is 124 Å². The van der Waals surface area contributed by atoms with Gasteiger partial charge in [0.05, 0.1) is 42.0 Å². The van der Waals surface area contributed by atoms with Crippen molar-refractivity contribution in [1.29, 1.82) is 0 Å². The molecule has 2 aromatic carbocycles. The molecule has 6 heterocycles. The highest BCUT2D eigenvalue weighted by atomic mass is 79.9. The maximum Gasteiger partial charge on any atom is 0.410 e. The number of nitrogens with one attached hydrogen (secondary N) is 1. The highest BCUT2D eigenvalue weighted by Crippen LogP contribution is 2.40. The van der Waals surface area contributed by atoms with E-state index in [-0.39, 0.29) is 23.8 Å². The first-order valence-electron chi connectivity index (χ1n) is 18.3. The molecule has 15 heteroatoms. The van der Waals surface area contributed by atoms with E-state index in [1.807, 2.05) is 69.2 Å². The van der Waals surface area contributed by atoms with E-state index in [9.17, 15) is 18.4 Å². The Bertz CT molecular complexity index is 2390. The summed E-state index contributed by atoms with van der Waals surface area (Å²) in [5.74, 6) is -0.581. The molecule has 0 spiro atoms. The summed E-state index contributed by atoms with van der Waals surface area (Å²) in [6.45, 7) is 14.1. The summed E-state index contributed by atoms with van der Waals surface area (Å²) < 4.78 is 42.4. The van der Waals surface area contributed by atoms with Crippen molar-refractivity contribution in [3.05, 3.63) is 101 Å². The van der Waals surface area contributed by atoms with Crippen LogP contribution in [-0.2, 0) is 35.7 Å². The molecule has 8 rings (SSSR count). The van der Waals surface area contributed by atoms with Crippen LogP contribution in [0, 0.1) is 11.6 Å². The van der Waals surface area contributed by atoms with Crippen LogP contribution in [0.2, 0.25) is 0 Å². The molecule has 56 heavy (non-hydrogen) atoms. The van der Waals surface area contributed by atoms with Crippen molar-refractivity contribution < 1.29 is 27.8 Å². The third-order valence-electron chi connectivity index (χ3n) is 9.16. The molecule has 0 saturated heterocycles. The fourth-order valence-electron chi connectivity index (χ4n) is 6.63. The summed E-state index contributed by atoms with van der Waals surface area (Å²) in [6.07, 6.45) is 2.92. The molecule has 1 N–H and O–H groups in total. The lowest BCUT2D eigenvalue weighted by atomic mass is 9.97. The highest BCUT2D eigenvalue weighted by Gasteiger charge is 2.32. The molecule has 0 atom stereocenters. The molecule has 2 amide bonds. The molecule has 0 unspecified atom stereocenters. The summed E-state index contributed by atoms with van der Waals surface area (Å²) in [6, 6.07) is 16.5. The number of hydrogen-bond acceptors (Lipinski definition) is 7. The summed E-state index contributed by atoms with van der Waals surface area (Å²) in [5, 5.41) is 10.4. The minimum atomic E-state index is -0.570. The van der Waals surface area contributed by atoms with Crippen molar-refractivity contribution in [3.63, 3.8) is 0 Å². The van der Waals surface area contributed by atoms with Crippen molar-refractivity contribution in [2.45, 2.75) is 78.9 Å². The number of aromatic amines is 1. The van der Waals surface area contributed by atoms with E-state index in [1.165, 1.54) is 24.3 Å². The Balaban J connectivity index is 0.000000179. The van der Waals surface area contributed by atoms with Crippen LogP contribution >= 0.6 is 15.9 Å². The van der Waals surface area contributed by atoms with Gasteiger partial charge in [-0.25, -0.2) is 23.4 Å². The zero-order chi connectivity index (χ0) is 39.9. The third-order valence-corrected chi connectivity index (χ3v) is 10.00. The van der Waals surface area contributed by atoms with Gasteiger partial charge in [0.15, 0.2) is 0 Å². The van der Waals surface area contributed by atoms with Gasteiger partial charge in [-0.3, -0.25) is 9.36 Å². The maximum atomic E-state index is 13.6. The van der Waals surface area contributed by atoms with Gasteiger partial charge in [-0.2, -0.15) is 10.2 Å². The van der Waals surface area contributed by atoms with Crippen molar-refractivity contribution in [2.75, 3.05) is 13.1 Å². The molecule has 4 aromatic heterocycles. The Morgan fingerprint density at radius 2 is 1.20 bits per heavy atom. The molecule has 0 saturated carbocycles. The molecule has 0 aliphatic carbocycles. The number of halogens is 3. The van der Waals surface area contributed by atoms with Crippen LogP contribution in [0.15, 0.2) is 77.5 Å². The Hall–Kier alpha value is -5.57. The van der Waals surface area contributed by atoms with Crippen molar-refractivity contribution in [3.8, 4) is 33.6 Å². The number of amides is 2. The quantitative estimate of drug-likeness (QED) is 0.189. The predicted octanol–water partition coefficient (Wildman–Crippen LogP) is 9.19. The van der Waals surface area contributed by atoms with Gasteiger partial charge < -0.3 is 24.3 Å². The van der Waals surface area contributed by atoms with Crippen LogP contribution in [0.3, 0.4) is 0 Å². The SMILES string of the molecule is CC(C)(C)OC(=O)N1CCn2nc(-c3ccc(F)cc3)c(-c3ccnc4[nH]ccc34)c2C1.CC(C)(C)OC(=O)N1CCn2nc(-c3ccc(F)cc3)c(Br)c2C1. The largest absolute Gasteiger partial charge is 0.444 e. The monoisotopic (exact) mass is 828 g/mol. The molecular weight excluding hydrogens is 786 g/mol. The maximum absolute atomic E-state index is 13.6. The number of carbonyl (C=O) groups is 2. The van der Waals surface area contributed by atoms with E-state index >= 15 is 0 Å². The topological polar surface area (TPSA) is 123 Å². The molecule has 2 aliphatic rings. The molecule has 6 aromatic rings. The van der Waals surface area contributed by atoms with Crippen LogP contribution in [0.25, 0.3) is 44.7 Å². The Morgan fingerprint density at radius 1 is 0.696 bits per heavy atom. The van der Waals surface area contributed by atoms with E-state index in [4.69, 9.17) is 14.6 Å². The molecule has 2 aliphatic heterocycles. The lowest BCUT2D eigenvalue weighted by molar-refractivity contribution is 0.0184. The number of H-pyrrole nitrogens is 1. The first-order chi connectivity index (χ1) is 26.5. The minimum absolute atomic E-state index is 0.282. The minimum Gasteiger partial charge on any atom is -0.444 e. The van der Waals surface area contributed by atoms with Crippen LogP contribution in [-0.4, -0.2) is 75.8 Å². The first kappa shape index (κ1) is 38.7. The normalized spacial score (nSPS) is 14.2. The number of carbonyl (C=O) groups excluding carboxylic acids is 2. The predicted molar refractivity (Wildman–Crippen MR) is 211 cm³/mol. The van der Waals surface area contributed by atoms with Gasteiger partial charge in [0.2, 0.25) is 0 Å². The van der Waals surface area contributed by atoms with Gasteiger partial charge in [0, 0.05) is 47.6 Å². The third kappa shape index (κ3) is 8.32. The first-order valence-corrected chi connectivity index (χ1v) is 19.1. The number of pyridine rings is 1. The second kappa shape index (κ2) is 15.2. The van der Waals surface area contributed by atoms with E-state index < -0.39 is 11.2 Å². The summed E-state index contributed by atoms with van der Waals surface area (Å²) in [4.78, 5) is 36.0.